The maximum Gasteiger partial charge on any atom is 0.242 e. The summed E-state index contributed by atoms with van der Waals surface area (Å²) in [5.41, 5.74) is 9.59. The van der Waals surface area contributed by atoms with Crippen LogP contribution in [0.3, 0.4) is 0 Å². The molecule has 0 bridgehead atoms. The summed E-state index contributed by atoms with van der Waals surface area (Å²) in [5.74, 6) is -0.373. The van der Waals surface area contributed by atoms with E-state index < -0.39 is 0 Å². The van der Waals surface area contributed by atoms with Crippen LogP contribution in [0.25, 0.3) is 0 Å². The molecule has 2 amide bonds. The summed E-state index contributed by atoms with van der Waals surface area (Å²) in [7, 11) is 0. The zero-order valence-corrected chi connectivity index (χ0v) is 17.3. The second-order valence-corrected chi connectivity index (χ2v) is 7.61. The van der Waals surface area contributed by atoms with Crippen molar-refractivity contribution in [1.82, 2.24) is 15.8 Å². The highest BCUT2D eigenvalue weighted by Crippen LogP contribution is 2.15. The molecule has 3 rings (SSSR count). The van der Waals surface area contributed by atoms with Gasteiger partial charge in [0.15, 0.2) is 0 Å². The van der Waals surface area contributed by atoms with E-state index >= 15 is 0 Å². The molecule has 0 saturated carbocycles. The van der Waals surface area contributed by atoms with Gasteiger partial charge in [-0.2, -0.15) is 0 Å². The first-order chi connectivity index (χ1) is 14.0. The van der Waals surface area contributed by atoms with Gasteiger partial charge in [-0.25, -0.2) is 0 Å². The van der Waals surface area contributed by atoms with E-state index in [-0.39, 0.29) is 18.2 Å². The minimum absolute atomic E-state index is 0.163. The lowest BCUT2D eigenvalue weighted by molar-refractivity contribution is -0.128. The zero-order chi connectivity index (χ0) is 20.6. The molecule has 6 nitrogen and oxygen atoms in total. The predicted molar refractivity (Wildman–Crippen MR) is 116 cm³/mol. The highest BCUT2D eigenvalue weighted by atomic mass is 16.2. The second kappa shape index (κ2) is 10.1. The maximum absolute atomic E-state index is 12.1. The minimum Gasteiger partial charge on any atom is -0.369 e. The summed E-state index contributed by atoms with van der Waals surface area (Å²) in [6, 6.07) is 16.4. The van der Waals surface area contributed by atoms with Crippen molar-refractivity contribution in [3.8, 4) is 0 Å². The molecule has 0 aromatic heterocycles. The quantitative estimate of drug-likeness (QED) is 0.738. The Morgan fingerprint density at radius 1 is 0.862 bits per heavy atom. The Morgan fingerprint density at radius 2 is 1.55 bits per heavy atom. The van der Waals surface area contributed by atoms with Gasteiger partial charge in [-0.1, -0.05) is 36.4 Å². The third-order valence-corrected chi connectivity index (χ3v) is 5.43. The van der Waals surface area contributed by atoms with Crippen LogP contribution < -0.4 is 15.8 Å². The first kappa shape index (κ1) is 20.9. The summed E-state index contributed by atoms with van der Waals surface area (Å²) in [6.07, 6.45) is 0.623. The van der Waals surface area contributed by atoms with Crippen LogP contribution in [-0.2, 0) is 16.0 Å². The van der Waals surface area contributed by atoms with Crippen LogP contribution in [-0.4, -0.2) is 49.4 Å². The number of benzene rings is 2. The van der Waals surface area contributed by atoms with Crippen LogP contribution in [0.4, 0.5) is 5.69 Å². The van der Waals surface area contributed by atoms with Crippen molar-refractivity contribution < 1.29 is 9.59 Å². The van der Waals surface area contributed by atoms with Crippen LogP contribution in [0, 0.1) is 13.8 Å². The molecule has 2 aromatic rings. The summed E-state index contributed by atoms with van der Waals surface area (Å²) in [6.45, 7) is 8.54. The normalized spacial score (nSPS) is 14.5. The minimum atomic E-state index is -0.210. The number of hydrogen-bond acceptors (Lipinski definition) is 4. The lowest BCUT2D eigenvalue weighted by Gasteiger charge is -2.36. The molecule has 0 radical (unpaired) electrons. The van der Waals surface area contributed by atoms with Crippen LogP contribution in [0.2, 0.25) is 0 Å². The number of carbonyl (C=O) groups excluding carboxylic acids is 2. The summed E-state index contributed by atoms with van der Waals surface area (Å²) in [5, 5.41) is 0. The van der Waals surface area contributed by atoms with E-state index in [0.29, 0.717) is 13.0 Å². The van der Waals surface area contributed by atoms with Crippen molar-refractivity contribution in [2.24, 2.45) is 0 Å². The highest BCUT2D eigenvalue weighted by molar-refractivity contribution is 5.83. The lowest BCUT2D eigenvalue weighted by Crippen LogP contribution is -2.48. The number of carbonyl (C=O) groups is 2. The predicted octanol–water partition coefficient (Wildman–Crippen LogP) is 2.21. The fraction of sp³-hybridized carbons (Fsp3) is 0.391. The average molecular weight is 395 g/mol. The number of hydrazine groups is 1. The Balaban J connectivity index is 1.33. The number of aryl methyl sites for hydroxylation is 2. The number of hydrogen-bond donors (Lipinski definition) is 2. The van der Waals surface area contributed by atoms with E-state index in [9.17, 15) is 9.59 Å². The molecule has 29 heavy (non-hydrogen) atoms. The van der Waals surface area contributed by atoms with Gasteiger partial charge in [0.1, 0.15) is 0 Å². The standard InChI is InChI=1S/C23H30N4O2/c1-18-8-9-20(16-19(18)2)17-23(29)25-24-22(28)10-11-26-12-14-27(15-13-26)21-6-4-3-5-7-21/h3-9,16H,10-15,17H2,1-2H3,(H,24,28)(H,25,29). The SMILES string of the molecule is Cc1ccc(CC(=O)NNC(=O)CCN2CCN(c3ccccc3)CC2)cc1C. The maximum atomic E-state index is 12.1. The fourth-order valence-corrected chi connectivity index (χ4v) is 3.47. The van der Waals surface area contributed by atoms with Crippen LogP contribution in [0.1, 0.15) is 23.1 Å². The van der Waals surface area contributed by atoms with Crippen molar-refractivity contribution in [2.75, 3.05) is 37.6 Å². The van der Waals surface area contributed by atoms with E-state index in [1.165, 1.54) is 11.3 Å². The summed E-state index contributed by atoms with van der Waals surface area (Å²) in [4.78, 5) is 28.8. The van der Waals surface area contributed by atoms with Crippen molar-refractivity contribution in [3.05, 3.63) is 65.2 Å². The number of nitrogens with zero attached hydrogens (tertiary/aromatic N) is 2. The third kappa shape index (κ3) is 6.32. The Morgan fingerprint density at radius 3 is 2.24 bits per heavy atom. The lowest BCUT2D eigenvalue weighted by atomic mass is 10.0. The molecule has 1 heterocycles. The molecule has 6 heteroatoms. The van der Waals surface area contributed by atoms with Crippen molar-refractivity contribution in [2.45, 2.75) is 26.7 Å². The van der Waals surface area contributed by atoms with E-state index in [0.717, 1.165) is 37.3 Å². The number of anilines is 1. The molecule has 1 saturated heterocycles. The topological polar surface area (TPSA) is 64.7 Å². The largest absolute Gasteiger partial charge is 0.369 e. The summed E-state index contributed by atoms with van der Waals surface area (Å²) >= 11 is 0. The molecule has 2 N–H and O–H groups in total. The molecular formula is C23H30N4O2. The molecule has 0 spiro atoms. The Kier molecular flexibility index (Phi) is 7.25. The molecule has 0 aliphatic carbocycles. The van der Waals surface area contributed by atoms with Gasteiger partial charge in [0.25, 0.3) is 0 Å². The van der Waals surface area contributed by atoms with E-state index in [1.807, 2.05) is 38.1 Å². The van der Waals surface area contributed by atoms with Crippen LogP contribution in [0.15, 0.2) is 48.5 Å². The molecule has 0 unspecified atom stereocenters. The van der Waals surface area contributed by atoms with Crippen molar-refractivity contribution in [3.63, 3.8) is 0 Å². The zero-order valence-electron chi connectivity index (χ0n) is 17.3. The van der Waals surface area contributed by atoms with E-state index in [2.05, 4.69) is 44.9 Å². The van der Waals surface area contributed by atoms with Gasteiger partial charge in [0.05, 0.1) is 6.42 Å². The van der Waals surface area contributed by atoms with E-state index in [4.69, 9.17) is 0 Å². The monoisotopic (exact) mass is 394 g/mol. The molecular weight excluding hydrogens is 364 g/mol. The van der Waals surface area contributed by atoms with Gasteiger partial charge < -0.3 is 4.90 Å². The summed E-state index contributed by atoms with van der Waals surface area (Å²) < 4.78 is 0. The van der Waals surface area contributed by atoms with Crippen molar-refractivity contribution >= 4 is 17.5 Å². The number of rotatable bonds is 6. The first-order valence-electron chi connectivity index (χ1n) is 10.2. The Bertz CT molecular complexity index is 830. The molecule has 2 aromatic carbocycles. The molecule has 1 fully saturated rings. The van der Waals surface area contributed by atoms with Gasteiger partial charge in [-0.15, -0.1) is 0 Å². The van der Waals surface area contributed by atoms with Gasteiger partial charge >= 0.3 is 0 Å². The number of piperazine rings is 1. The molecule has 0 atom stereocenters. The Hall–Kier alpha value is -2.86. The van der Waals surface area contributed by atoms with E-state index in [1.54, 1.807) is 0 Å². The van der Waals surface area contributed by atoms with Gasteiger partial charge in [-0.3, -0.25) is 25.3 Å². The van der Waals surface area contributed by atoms with Gasteiger partial charge in [0, 0.05) is 44.8 Å². The molecule has 1 aliphatic rings. The molecule has 154 valence electrons. The fourth-order valence-electron chi connectivity index (χ4n) is 3.47. The highest BCUT2D eigenvalue weighted by Gasteiger charge is 2.17. The second-order valence-electron chi connectivity index (χ2n) is 7.61. The van der Waals surface area contributed by atoms with Gasteiger partial charge in [-0.05, 0) is 42.7 Å². The number of nitrogens with one attached hydrogen (secondary N) is 2. The van der Waals surface area contributed by atoms with Crippen LogP contribution in [0.5, 0.6) is 0 Å². The molecule has 1 aliphatic heterocycles. The van der Waals surface area contributed by atoms with Gasteiger partial charge in [0.2, 0.25) is 11.8 Å². The number of amides is 2. The first-order valence-corrected chi connectivity index (χ1v) is 10.2. The third-order valence-electron chi connectivity index (χ3n) is 5.43. The number of para-hydroxylation sites is 1. The van der Waals surface area contributed by atoms with Crippen LogP contribution >= 0.6 is 0 Å². The smallest absolute Gasteiger partial charge is 0.242 e. The Labute approximate surface area is 172 Å². The average Bonchev–Trinajstić information content (AvgIpc) is 2.74. The van der Waals surface area contributed by atoms with Crippen molar-refractivity contribution in [1.29, 1.82) is 0 Å².